The van der Waals surface area contributed by atoms with Crippen LogP contribution in [0.2, 0.25) is 5.02 Å². The third-order valence-corrected chi connectivity index (χ3v) is 6.65. The van der Waals surface area contributed by atoms with Gasteiger partial charge < -0.3 is 5.32 Å². The van der Waals surface area contributed by atoms with E-state index in [1.807, 2.05) is 32.9 Å². The first-order valence-corrected chi connectivity index (χ1v) is 12.5. The molecule has 0 aliphatic rings. The Morgan fingerprint density at radius 3 is 2.31 bits per heavy atom. The summed E-state index contributed by atoms with van der Waals surface area (Å²) in [5.74, 6) is -0.182. The van der Waals surface area contributed by atoms with Gasteiger partial charge in [0.25, 0.3) is 5.91 Å². The average molecular weight is 471 g/mol. The number of carbonyl (C=O) groups is 1. The van der Waals surface area contributed by atoms with Crippen LogP contribution < -0.4 is 9.62 Å². The molecule has 3 rings (SSSR count). The molecule has 0 aliphatic carbocycles. The fourth-order valence-corrected chi connectivity index (χ4v) is 4.69. The van der Waals surface area contributed by atoms with Gasteiger partial charge in [-0.2, -0.15) is 0 Å². The van der Waals surface area contributed by atoms with E-state index < -0.39 is 10.0 Å². The number of amides is 1. The molecule has 0 aliphatic heterocycles. The van der Waals surface area contributed by atoms with E-state index in [-0.39, 0.29) is 18.5 Å². The summed E-state index contributed by atoms with van der Waals surface area (Å²) < 4.78 is 26.0. The number of rotatable bonds is 7. The van der Waals surface area contributed by atoms with Crippen LogP contribution in [0.4, 0.5) is 5.69 Å². The minimum atomic E-state index is -3.52. The van der Waals surface area contributed by atoms with Crippen molar-refractivity contribution >= 4 is 33.2 Å². The Morgan fingerprint density at radius 1 is 1.03 bits per heavy atom. The summed E-state index contributed by atoms with van der Waals surface area (Å²) in [6.45, 7) is 6.17. The highest BCUT2D eigenvalue weighted by atomic mass is 35.5. The number of nitrogens with zero attached hydrogens (tertiary/aromatic N) is 1. The number of anilines is 1. The molecule has 0 heterocycles. The molecule has 7 heteroatoms. The molecule has 0 saturated heterocycles. The minimum Gasteiger partial charge on any atom is -0.346 e. The fourth-order valence-electron chi connectivity index (χ4n) is 3.63. The van der Waals surface area contributed by atoms with Crippen molar-refractivity contribution in [2.45, 2.75) is 33.4 Å². The summed E-state index contributed by atoms with van der Waals surface area (Å²) >= 11 is 6.03. The van der Waals surface area contributed by atoms with Crippen LogP contribution >= 0.6 is 11.6 Å². The van der Waals surface area contributed by atoms with Crippen molar-refractivity contribution < 1.29 is 13.2 Å². The fraction of sp³-hybridized carbons (Fsp3) is 0.240. The molecule has 0 unspecified atom stereocenters. The normalized spacial score (nSPS) is 12.3. The first-order chi connectivity index (χ1) is 15.0. The third kappa shape index (κ3) is 5.90. The number of sulfonamides is 1. The molecule has 0 radical (unpaired) electrons. The second-order valence-corrected chi connectivity index (χ2v) is 10.3. The minimum absolute atomic E-state index is 0.133. The van der Waals surface area contributed by atoms with Gasteiger partial charge in [0.15, 0.2) is 0 Å². The highest BCUT2D eigenvalue weighted by Crippen LogP contribution is 2.24. The maximum Gasteiger partial charge on any atom is 0.251 e. The Hall–Kier alpha value is -2.83. The summed E-state index contributed by atoms with van der Waals surface area (Å²) in [4.78, 5) is 12.7. The second kappa shape index (κ2) is 9.76. The number of halogens is 1. The number of benzene rings is 3. The zero-order valence-electron chi connectivity index (χ0n) is 18.6. The maximum atomic E-state index is 12.7. The van der Waals surface area contributed by atoms with E-state index >= 15 is 0 Å². The molecular formula is C25H27ClN2O3S. The first-order valence-electron chi connectivity index (χ1n) is 10.2. The van der Waals surface area contributed by atoms with E-state index in [1.165, 1.54) is 9.87 Å². The molecule has 5 nitrogen and oxygen atoms in total. The van der Waals surface area contributed by atoms with Gasteiger partial charge in [-0.15, -0.1) is 0 Å². The van der Waals surface area contributed by atoms with Gasteiger partial charge in [-0.1, -0.05) is 53.6 Å². The lowest BCUT2D eigenvalue weighted by molar-refractivity contribution is 0.0940. The zero-order valence-corrected chi connectivity index (χ0v) is 20.2. The van der Waals surface area contributed by atoms with E-state index in [4.69, 9.17) is 11.6 Å². The molecule has 1 atom stereocenters. The molecule has 32 heavy (non-hydrogen) atoms. The standard InChI is InChI=1S/C25H27ClN2O3S/c1-17-8-13-24(18(2)14-17)19(3)27-25(29)21-11-9-20(10-12-21)16-28(32(4,30)31)23-7-5-6-22(26)15-23/h5-15,19H,16H2,1-4H3,(H,27,29)/t19-/m0/s1. The number of hydrogen-bond donors (Lipinski definition) is 1. The van der Waals surface area contributed by atoms with Crippen LogP contribution in [-0.2, 0) is 16.6 Å². The van der Waals surface area contributed by atoms with Gasteiger partial charge in [0.1, 0.15) is 0 Å². The Balaban J connectivity index is 1.74. The Kier molecular flexibility index (Phi) is 7.26. The van der Waals surface area contributed by atoms with Gasteiger partial charge in [-0.3, -0.25) is 9.10 Å². The molecule has 3 aromatic carbocycles. The Labute approximate surface area is 195 Å². The maximum absolute atomic E-state index is 12.7. The summed E-state index contributed by atoms with van der Waals surface area (Å²) in [6.07, 6.45) is 1.16. The van der Waals surface area contributed by atoms with Crippen molar-refractivity contribution in [1.29, 1.82) is 0 Å². The molecule has 3 aromatic rings. The number of hydrogen-bond acceptors (Lipinski definition) is 3. The summed E-state index contributed by atoms with van der Waals surface area (Å²) in [6, 6.07) is 19.7. The van der Waals surface area contributed by atoms with Crippen LogP contribution in [0.3, 0.4) is 0 Å². The lowest BCUT2D eigenvalue weighted by Gasteiger charge is -2.23. The predicted molar refractivity (Wildman–Crippen MR) is 131 cm³/mol. The van der Waals surface area contributed by atoms with Crippen LogP contribution in [0.15, 0.2) is 66.7 Å². The lowest BCUT2D eigenvalue weighted by atomic mass is 10.00. The monoisotopic (exact) mass is 470 g/mol. The van der Waals surface area contributed by atoms with Gasteiger partial charge >= 0.3 is 0 Å². The molecule has 0 fully saturated rings. The molecule has 168 valence electrons. The zero-order chi connectivity index (χ0) is 23.5. The van der Waals surface area contributed by atoms with Crippen LogP contribution in [0.5, 0.6) is 0 Å². The number of carbonyl (C=O) groups excluding carboxylic acids is 1. The topological polar surface area (TPSA) is 66.5 Å². The number of nitrogens with one attached hydrogen (secondary N) is 1. The van der Waals surface area contributed by atoms with Crippen LogP contribution in [0.25, 0.3) is 0 Å². The molecule has 0 bridgehead atoms. The van der Waals surface area contributed by atoms with E-state index in [0.29, 0.717) is 16.3 Å². The van der Waals surface area contributed by atoms with Crippen LogP contribution in [0, 0.1) is 13.8 Å². The predicted octanol–water partition coefficient (Wildman–Crippen LogP) is 5.41. The molecule has 0 spiro atoms. The van der Waals surface area contributed by atoms with Crippen molar-refractivity contribution in [2.24, 2.45) is 0 Å². The molecule has 1 N–H and O–H groups in total. The van der Waals surface area contributed by atoms with Crippen LogP contribution in [-0.4, -0.2) is 20.6 Å². The van der Waals surface area contributed by atoms with E-state index in [9.17, 15) is 13.2 Å². The van der Waals surface area contributed by atoms with E-state index in [1.54, 1.807) is 48.5 Å². The first kappa shape index (κ1) is 23.8. The van der Waals surface area contributed by atoms with Gasteiger partial charge in [0, 0.05) is 10.6 Å². The highest BCUT2D eigenvalue weighted by Gasteiger charge is 2.19. The van der Waals surface area contributed by atoms with Crippen molar-refractivity contribution in [3.8, 4) is 0 Å². The quantitative estimate of drug-likeness (QED) is 0.501. The van der Waals surface area contributed by atoms with Gasteiger partial charge in [-0.05, 0) is 67.8 Å². The average Bonchev–Trinajstić information content (AvgIpc) is 2.71. The Morgan fingerprint density at radius 2 is 1.72 bits per heavy atom. The SMILES string of the molecule is Cc1ccc([C@H](C)NC(=O)c2ccc(CN(c3cccc(Cl)c3)S(C)(=O)=O)cc2)c(C)c1. The molecule has 0 saturated carbocycles. The lowest BCUT2D eigenvalue weighted by Crippen LogP contribution is -2.29. The summed E-state index contributed by atoms with van der Waals surface area (Å²) in [5, 5.41) is 3.49. The van der Waals surface area contributed by atoms with E-state index in [0.717, 1.165) is 22.9 Å². The van der Waals surface area contributed by atoms with Crippen molar-refractivity contribution in [1.82, 2.24) is 5.32 Å². The molecule has 0 aromatic heterocycles. The molecule has 1 amide bonds. The van der Waals surface area contributed by atoms with Gasteiger partial charge in [-0.25, -0.2) is 8.42 Å². The largest absolute Gasteiger partial charge is 0.346 e. The highest BCUT2D eigenvalue weighted by molar-refractivity contribution is 7.92. The van der Waals surface area contributed by atoms with E-state index in [2.05, 4.69) is 11.4 Å². The summed E-state index contributed by atoms with van der Waals surface area (Å²) in [7, 11) is -3.52. The van der Waals surface area contributed by atoms with Gasteiger partial charge in [0.2, 0.25) is 10.0 Å². The molecular weight excluding hydrogens is 444 g/mol. The van der Waals surface area contributed by atoms with Crippen LogP contribution in [0.1, 0.15) is 45.6 Å². The number of aryl methyl sites for hydroxylation is 2. The smallest absolute Gasteiger partial charge is 0.251 e. The summed E-state index contributed by atoms with van der Waals surface area (Å²) in [5.41, 5.74) is 5.15. The van der Waals surface area contributed by atoms with Gasteiger partial charge in [0.05, 0.1) is 24.5 Å². The van der Waals surface area contributed by atoms with Crippen molar-refractivity contribution in [3.63, 3.8) is 0 Å². The van der Waals surface area contributed by atoms with Crippen molar-refractivity contribution in [2.75, 3.05) is 10.6 Å². The second-order valence-electron chi connectivity index (χ2n) is 8.00. The third-order valence-electron chi connectivity index (χ3n) is 5.28. The Bertz CT molecular complexity index is 1220. The van der Waals surface area contributed by atoms with Crippen molar-refractivity contribution in [3.05, 3.63) is 99.6 Å².